The summed E-state index contributed by atoms with van der Waals surface area (Å²) in [6.07, 6.45) is 3.56. The van der Waals surface area contributed by atoms with Crippen LogP contribution in [-0.4, -0.2) is 23.3 Å². The summed E-state index contributed by atoms with van der Waals surface area (Å²) < 4.78 is 4.73. The van der Waals surface area contributed by atoms with Crippen LogP contribution in [0.15, 0.2) is 24.5 Å². The van der Waals surface area contributed by atoms with Crippen molar-refractivity contribution in [2.45, 2.75) is 6.42 Å². The van der Waals surface area contributed by atoms with Crippen LogP contribution in [0.5, 0.6) is 0 Å². The van der Waals surface area contributed by atoms with E-state index in [2.05, 4.69) is 4.98 Å². The molecule has 0 bridgehead atoms. The Morgan fingerprint density at radius 1 is 1.43 bits per heavy atom. The van der Waals surface area contributed by atoms with Crippen molar-refractivity contribution in [3.05, 3.63) is 30.1 Å². The third kappa shape index (κ3) is 1.51. The Labute approximate surface area is 80.9 Å². The minimum atomic E-state index is -0.614. The Morgan fingerprint density at radius 3 is 2.71 bits per heavy atom. The first-order valence-corrected chi connectivity index (χ1v) is 4.40. The fourth-order valence-electron chi connectivity index (χ4n) is 1.45. The molecule has 1 aromatic rings. The maximum atomic E-state index is 11.7. The van der Waals surface area contributed by atoms with E-state index in [1.165, 1.54) is 12.4 Å². The zero-order valence-corrected chi connectivity index (χ0v) is 7.47. The van der Waals surface area contributed by atoms with Crippen LogP contribution in [0.4, 0.5) is 0 Å². The Morgan fingerprint density at radius 2 is 2.14 bits per heavy atom. The quantitative estimate of drug-likeness (QED) is 0.394. The van der Waals surface area contributed by atoms with Crippen LogP contribution in [0.1, 0.15) is 16.8 Å². The molecule has 4 nitrogen and oxygen atoms in total. The number of ketones is 1. The van der Waals surface area contributed by atoms with Crippen molar-refractivity contribution in [1.82, 2.24) is 4.98 Å². The van der Waals surface area contributed by atoms with Gasteiger partial charge in [0.25, 0.3) is 0 Å². The Kier molecular flexibility index (Phi) is 2.26. The van der Waals surface area contributed by atoms with Crippen molar-refractivity contribution in [2.24, 2.45) is 5.92 Å². The number of carbonyl (C=O) groups excluding carboxylic acids is 2. The normalized spacial score (nSPS) is 20.6. The molecule has 0 N–H and O–H groups in total. The Balaban J connectivity index is 2.20. The van der Waals surface area contributed by atoms with Crippen LogP contribution in [0, 0.1) is 5.92 Å². The van der Waals surface area contributed by atoms with Gasteiger partial charge in [-0.3, -0.25) is 14.6 Å². The molecule has 1 aromatic heterocycles. The molecule has 1 saturated heterocycles. The van der Waals surface area contributed by atoms with Crippen molar-refractivity contribution in [3.63, 3.8) is 0 Å². The van der Waals surface area contributed by atoms with Crippen LogP contribution in [0.3, 0.4) is 0 Å². The van der Waals surface area contributed by atoms with E-state index in [4.69, 9.17) is 4.74 Å². The van der Waals surface area contributed by atoms with E-state index >= 15 is 0 Å². The highest BCUT2D eigenvalue weighted by Gasteiger charge is 2.33. The minimum absolute atomic E-state index is 0.171. The molecule has 4 heteroatoms. The van der Waals surface area contributed by atoms with E-state index in [1.54, 1.807) is 12.1 Å². The van der Waals surface area contributed by atoms with Gasteiger partial charge in [-0.25, -0.2) is 0 Å². The Hall–Kier alpha value is -1.71. The SMILES string of the molecule is O=C1OCC[C@@H]1C(=O)c1ccncc1. The molecule has 0 spiro atoms. The molecule has 1 aliphatic heterocycles. The largest absolute Gasteiger partial charge is 0.465 e. The van der Waals surface area contributed by atoms with Crippen LogP contribution in [-0.2, 0) is 9.53 Å². The number of nitrogens with zero attached hydrogens (tertiary/aromatic N) is 1. The van der Waals surface area contributed by atoms with Crippen molar-refractivity contribution in [2.75, 3.05) is 6.61 Å². The van der Waals surface area contributed by atoms with Crippen LogP contribution < -0.4 is 0 Å². The molecule has 0 unspecified atom stereocenters. The molecule has 2 heterocycles. The molecule has 14 heavy (non-hydrogen) atoms. The molecule has 2 rings (SSSR count). The first-order chi connectivity index (χ1) is 6.79. The standard InChI is InChI=1S/C10H9NO3/c12-9(7-1-4-11-5-2-7)8-3-6-14-10(8)13/h1-2,4-5,8H,3,6H2/t8-/m1/s1. The maximum absolute atomic E-state index is 11.7. The second-order valence-electron chi connectivity index (χ2n) is 3.11. The molecule has 0 amide bonds. The fourth-order valence-corrected chi connectivity index (χ4v) is 1.45. The number of hydrogen-bond donors (Lipinski definition) is 0. The molecule has 1 aliphatic rings. The topological polar surface area (TPSA) is 56.3 Å². The van der Waals surface area contributed by atoms with Gasteiger partial charge in [0.1, 0.15) is 5.92 Å². The molecule has 1 atom stereocenters. The van der Waals surface area contributed by atoms with E-state index in [9.17, 15) is 9.59 Å². The average molecular weight is 191 g/mol. The fraction of sp³-hybridized carbons (Fsp3) is 0.300. The number of pyridine rings is 1. The summed E-state index contributed by atoms with van der Waals surface area (Å²) >= 11 is 0. The monoisotopic (exact) mass is 191 g/mol. The highest BCUT2D eigenvalue weighted by Crippen LogP contribution is 2.19. The van der Waals surface area contributed by atoms with Gasteiger partial charge >= 0.3 is 5.97 Å². The van der Waals surface area contributed by atoms with Gasteiger partial charge < -0.3 is 4.74 Å². The van der Waals surface area contributed by atoms with Gasteiger partial charge in [-0.2, -0.15) is 0 Å². The summed E-state index contributed by atoms with van der Waals surface area (Å²) in [6, 6.07) is 3.21. The molecule has 0 radical (unpaired) electrons. The molecule has 1 fully saturated rings. The summed E-state index contributed by atoms with van der Waals surface area (Å²) in [4.78, 5) is 26.7. The van der Waals surface area contributed by atoms with Gasteiger partial charge in [0, 0.05) is 24.4 Å². The second-order valence-corrected chi connectivity index (χ2v) is 3.11. The highest BCUT2D eigenvalue weighted by atomic mass is 16.5. The van der Waals surface area contributed by atoms with Gasteiger partial charge in [-0.1, -0.05) is 0 Å². The van der Waals surface area contributed by atoms with Gasteiger partial charge in [-0.05, 0) is 12.1 Å². The maximum Gasteiger partial charge on any atom is 0.316 e. The zero-order chi connectivity index (χ0) is 9.97. The lowest BCUT2D eigenvalue weighted by Crippen LogP contribution is -2.19. The second kappa shape index (κ2) is 3.57. The number of hydrogen-bond acceptors (Lipinski definition) is 4. The Bertz CT molecular complexity index is 361. The van der Waals surface area contributed by atoms with E-state index in [0.717, 1.165) is 0 Å². The predicted molar refractivity (Wildman–Crippen MR) is 47.6 cm³/mol. The van der Waals surface area contributed by atoms with Gasteiger partial charge in [-0.15, -0.1) is 0 Å². The zero-order valence-electron chi connectivity index (χ0n) is 7.47. The number of ether oxygens (including phenoxy) is 1. The predicted octanol–water partition coefficient (Wildman–Crippen LogP) is 0.827. The van der Waals surface area contributed by atoms with Crippen molar-refractivity contribution >= 4 is 11.8 Å². The number of rotatable bonds is 2. The van der Waals surface area contributed by atoms with Crippen LogP contribution in [0.25, 0.3) is 0 Å². The van der Waals surface area contributed by atoms with Crippen LogP contribution in [0.2, 0.25) is 0 Å². The van der Waals surface area contributed by atoms with Gasteiger partial charge in [0.15, 0.2) is 5.78 Å². The number of esters is 1. The third-order valence-electron chi connectivity index (χ3n) is 2.22. The summed E-state index contributed by atoms with van der Waals surface area (Å²) in [5.41, 5.74) is 0.517. The highest BCUT2D eigenvalue weighted by molar-refractivity contribution is 6.09. The van der Waals surface area contributed by atoms with E-state index in [-0.39, 0.29) is 5.78 Å². The molecule has 0 aliphatic carbocycles. The molecular weight excluding hydrogens is 182 g/mol. The summed E-state index contributed by atoms with van der Waals surface area (Å²) in [7, 11) is 0. The lowest BCUT2D eigenvalue weighted by atomic mass is 9.97. The van der Waals surface area contributed by atoms with Crippen LogP contribution >= 0.6 is 0 Å². The number of Topliss-reactive ketones (excluding diaryl/α,β-unsaturated/α-hetero) is 1. The number of cyclic esters (lactones) is 1. The van der Waals surface area contributed by atoms with Gasteiger partial charge in [0.05, 0.1) is 6.61 Å². The summed E-state index contributed by atoms with van der Waals surface area (Å²) in [6.45, 7) is 0.348. The average Bonchev–Trinajstić information content (AvgIpc) is 2.65. The third-order valence-corrected chi connectivity index (χ3v) is 2.22. The lowest BCUT2D eigenvalue weighted by Gasteiger charge is -2.03. The lowest BCUT2D eigenvalue weighted by molar-refractivity contribution is -0.140. The molecule has 72 valence electrons. The van der Waals surface area contributed by atoms with E-state index in [0.29, 0.717) is 18.6 Å². The molecule has 0 saturated carbocycles. The minimum Gasteiger partial charge on any atom is -0.465 e. The van der Waals surface area contributed by atoms with Gasteiger partial charge in [0.2, 0.25) is 0 Å². The smallest absolute Gasteiger partial charge is 0.316 e. The van der Waals surface area contributed by atoms with Crippen molar-refractivity contribution in [1.29, 1.82) is 0 Å². The summed E-state index contributed by atoms with van der Waals surface area (Å²) in [5, 5.41) is 0. The van der Waals surface area contributed by atoms with Crippen molar-refractivity contribution in [3.8, 4) is 0 Å². The van der Waals surface area contributed by atoms with E-state index in [1.807, 2.05) is 0 Å². The van der Waals surface area contributed by atoms with E-state index < -0.39 is 11.9 Å². The molecular formula is C10H9NO3. The first kappa shape index (κ1) is 8.87. The first-order valence-electron chi connectivity index (χ1n) is 4.40. The van der Waals surface area contributed by atoms with Crippen molar-refractivity contribution < 1.29 is 14.3 Å². The number of carbonyl (C=O) groups is 2. The summed E-state index contributed by atoms with van der Waals surface area (Å²) in [5.74, 6) is -1.20. The number of aromatic nitrogens is 1. The molecule has 0 aromatic carbocycles.